The predicted molar refractivity (Wildman–Crippen MR) is 36.5 cm³/mol. The molecule has 2 nitrogen and oxygen atoms in total. The molecule has 0 heterocycles. The summed E-state index contributed by atoms with van der Waals surface area (Å²) in [5.41, 5.74) is 0. The summed E-state index contributed by atoms with van der Waals surface area (Å²) in [6.07, 6.45) is 2.37. The first-order valence-corrected chi connectivity index (χ1v) is 3.05. The minimum absolute atomic E-state index is 0.157. The topological polar surface area (TPSA) is 37.3 Å². The van der Waals surface area contributed by atoms with Gasteiger partial charge in [0.25, 0.3) is 0 Å². The van der Waals surface area contributed by atoms with Crippen molar-refractivity contribution in [1.29, 1.82) is 0 Å². The van der Waals surface area contributed by atoms with Crippen LogP contribution in [0, 0.1) is 0 Å². The van der Waals surface area contributed by atoms with Gasteiger partial charge in [-0.25, -0.2) is 0 Å². The summed E-state index contributed by atoms with van der Waals surface area (Å²) < 4.78 is 0. The molecule has 0 rings (SSSR count). The highest BCUT2D eigenvalue weighted by molar-refractivity contribution is 6.29. The third kappa shape index (κ3) is 7.50. The van der Waals surface area contributed by atoms with E-state index in [-0.39, 0.29) is 6.42 Å². The van der Waals surface area contributed by atoms with Gasteiger partial charge in [-0.15, -0.1) is 0 Å². The van der Waals surface area contributed by atoms with Crippen LogP contribution < -0.4 is 0 Å². The second-order valence-corrected chi connectivity index (χ2v) is 2.32. The summed E-state index contributed by atoms with van der Waals surface area (Å²) in [5, 5.41) is 8.80. The van der Waals surface area contributed by atoms with E-state index in [1.165, 1.54) is 0 Å². The highest BCUT2D eigenvalue weighted by Crippen LogP contribution is 2.01. The van der Waals surface area contributed by atoms with E-state index in [0.29, 0.717) is 11.5 Å². The van der Waals surface area contributed by atoms with Gasteiger partial charge in [0.2, 0.25) is 0 Å². The number of rotatable bonds is 3. The monoisotopic (exact) mass is 148 g/mol. The Labute approximate surface area is 59.1 Å². The lowest BCUT2D eigenvalue weighted by Gasteiger charge is -1.86. The van der Waals surface area contributed by atoms with E-state index in [0.717, 1.165) is 0 Å². The Kier molecular flexibility index (Phi) is 4.14. The van der Waals surface area contributed by atoms with E-state index in [4.69, 9.17) is 16.7 Å². The van der Waals surface area contributed by atoms with Crippen LogP contribution in [0.3, 0.4) is 0 Å². The van der Waals surface area contributed by atoms with Crippen LogP contribution in [0.4, 0.5) is 0 Å². The molecule has 0 unspecified atom stereocenters. The molecule has 0 aliphatic rings. The van der Waals surface area contributed by atoms with E-state index < -0.39 is 5.97 Å². The van der Waals surface area contributed by atoms with Gasteiger partial charge in [-0.05, 0) is 13.3 Å². The molecule has 0 spiro atoms. The molecular weight excluding hydrogens is 140 g/mol. The Morgan fingerprint density at radius 1 is 1.78 bits per heavy atom. The lowest BCUT2D eigenvalue weighted by atomic mass is 10.3. The molecule has 9 heavy (non-hydrogen) atoms. The largest absolute Gasteiger partial charge is 0.481 e. The first kappa shape index (κ1) is 8.50. The van der Waals surface area contributed by atoms with Crippen LogP contribution in [0.2, 0.25) is 0 Å². The Hall–Kier alpha value is -0.500. The Morgan fingerprint density at radius 2 is 2.33 bits per heavy atom. The van der Waals surface area contributed by atoms with Gasteiger partial charge in [-0.1, -0.05) is 17.7 Å². The van der Waals surface area contributed by atoms with Crippen molar-refractivity contribution >= 4 is 17.6 Å². The highest BCUT2D eigenvalue weighted by Gasteiger charge is 1.91. The molecule has 0 bridgehead atoms. The lowest BCUT2D eigenvalue weighted by molar-refractivity contribution is -0.136. The fraction of sp³-hybridized carbons (Fsp3) is 0.500. The Bertz CT molecular complexity index is 125. The number of aliphatic carboxylic acids is 1. The second-order valence-electron chi connectivity index (χ2n) is 1.72. The molecule has 0 aromatic rings. The van der Waals surface area contributed by atoms with Crippen molar-refractivity contribution in [2.24, 2.45) is 0 Å². The molecule has 52 valence electrons. The SMILES string of the molecule is CC(Cl)=CCCC(=O)O. The van der Waals surface area contributed by atoms with Crippen LogP contribution in [0.15, 0.2) is 11.1 Å². The number of hydrogen-bond acceptors (Lipinski definition) is 1. The normalized spacial score (nSPS) is 11.6. The van der Waals surface area contributed by atoms with Crippen molar-refractivity contribution in [3.63, 3.8) is 0 Å². The van der Waals surface area contributed by atoms with Crippen LogP contribution in [0.25, 0.3) is 0 Å². The molecule has 0 fully saturated rings. The molecule has 0 radical (unpaired) electrons. The first-order valence-electron chi connectivity index (χ1n) is 2.67. The number of hydrogen-bond donors (Lipinski definition) is 1. The fourth-order valence-corrected chi connectivity index (χ4v) is 0.504. The van der Waals surface area contributed by atoms with Crippen LogP contribution >= 0.6 is 11.6 Å². The van der Waals surface area contributed by atoms with Crippen LogP contribution in [0.5, 0.6) is 0 Å². The molecule has 0 atom stereocenters. The minimum Gasteiger partial charge on any atom is -0.481 e. The minimum atomic E-state index is -0.788. The van der Waals surface area contributed by atoms with Gasteiger partial charge in [0.15, 0.2) is 0 Å². The molecule has 0 aliphatic carbocycles. The Morgan fingerprint density at radius 3 is 2.67 bits per heavy atom. The van der Waals surface area contributed by atoms with E-state index in [2.05, 4.69) is 0 Å². The maximum Gasteiger partial charge on any atom is 0.303 e. The van der Waals surface area contributed by atoms with Crippen LogP contribution in [-0.2, 0) is 4.79 Å². The van der Waals surface area contributed by atoms with E-state index in [1.54, 1.807) is 13.0 Å². The van der Waals surface area contributed by atoms with Crippen molar-refractivity contribution in [3.8, 4) is 0 Å². The second kappa shape index (κ2) is 4.39. The van der Waals surface area contributed by atoms with E-state index in [9.17, 15) is 4.79 Å². The summed E-state index contributed by atoms with van der Waals surface area (Å²) >= 11 is 5.43. The molecule has 3 heteroatoms. The van der Waals surface area contributed by atoms with Gasteiger partial charge in [0.1, 0.15) is 0 Å². The predicted octanol–water partition coefficient (Wildman–Crippen LogP) is 1.99. The molecule has 0 saturated heterocycles. The lowest BCUT2D eigenvalue weighted by Crippen LogP contribution is -1.91. The van der Waals surface area contributed by atoms with E-state index in [1.807, 2.05) is 0 Å². The zero-order valence-corrected chi connectivity index (χ0v) is 5.98. The van der Waals surface area contributed by atoms with E-state index >= 15 is 0 Å². The Balaban J connectivity index is 3.31. The van der Waals surface area contributed by atoms with Gasteiger partial charge < -0.3 is 5.11 Å². The van der Waals surface area contributed by atoms with Crippen LogP contribution in [0.1, 0.15) is 19.8 Å². The number of carboxylic acid groups (broad SMARTS) is 1. The van der Waals surface area contributed by atoms with Gasteiger partial charge in [-0.3, -0.25) is 4.79 Å². The standard InChI is InChI=1S/C6H9ClO2/c1-5(7)3-2-4-6(8)9/h3H,2,4H2,1H3,(H,8,9). The van der Waals surface area contributed by atoms with Gasteiger partial charge in [-0.2, -0.15) is 0 Å². The zero-order chi connectivity index (χ0) is 7.28. The summed E-state index contributed by atoms with van der Waals surface area (Å²) in [7, 11) is 0. The molecule has 0 aromatic carbocycles. The maximum atomic E-state index is 9.91. The molecule has 0 amide bonds. The first-order chi connectivity index (χ1) is 4.13. The average Bonchev–Trinajstić information content (AvgIpc) is 1.63. The number of allylic oxidation sites excluding steroid dienone is 2. The van der Waals surface area contributed by atoms with Gasteiger partial charge in [0, 0.05) is 11.5 Å². The summed E-state index contributed by atoms with van der Waals surface area (Å²) in [6, 6.07) is 0. The summed E-state index contributed by atoms with van der Waals surface area (Å²) in [6.45, 7) is 1.73. The fourth-order valence-electron chi connectivity index (χ4n) is 0.395. The highest BCUT2D eigenvalue weighted by atomic mass is 35.5. The van der Waals surface area contributed by atoms with Crippen molar-refractivity contribution in [1.82, 2.24) is 0 Å². The molecule has 1 N–H and O–H groups in total. The molecule has 0 aliphatic heterocycles. The van der Waals surface area contributed by atoms with Crippen molar-refractivity contribution < 1.29 is 9.90 Å². The van der Waals surface area contributed by atoms with Gasteiger partial charge in [0.05, 0.1) is 0 Å². The van der Waals surface area contributed by atoms with Crippen molar-refractivity contribution in [2.45, 2.75) is 19.8 Å². The number of halogens is 1. The van der Waals surface area contributed by atoms with Crippen LogP contribution in [-0.4, -0.2) is 11.1 Å². The zero-order valence-electron chi connectivity index (χ0n) is 5.22. The van der Waals surface area contributed by atoms with Gasteiger partial charge >= 0.3 is 5.97 Å². The molecular formula is C6H9ClO2. The summed E-state index contributed by atoms with van der Waals surface area (Å²) in [4.78, 5) is 9.91. The third-order valence-electron chi connectivity index (χ3n) is 0.784. The molecule has 0 aromatic heterocycles. The maximum absolute atomic E-state index is 9.91. The van der Waals surface area contributed by atoms with Crippen molar-refractivity contribution in [2.75, 3.05) is 0 Å². The average molecular weight is 149 g/mol. The number of carboxylic acids is 1. The molecule has 0 saturated carbocycles. The smallest absolute Gasteiger partial charge is 0.303 e. The quantitative estimate of drug-likeness (QED) is 0.665. The van der Waals surface area contributed by atoms with Crippen molar-refractivity contribution in [3.05, 3.63) is 11.1 Å². The summed E-state index contributed by atoms with van der Waals surface area (Å²) in [5.74, 6) is -0.788. The number of carbonyl (C=O) groups is 1. The third-order valence-corrected chi connectivity index (χ3v) is 0.938.